The second-order valence-corrected chi connectivity index (χ2v) is 6.80. The molecule has 3 aromatic rings. The first-order chi connectivity index (χ1) is 10.2. The number of H-pyrrole nitrogens is 1. The van der Waals surface area contributed by atoms with Gasteiger partial charge in [0.2, 0.25) is 0 Å². The topological polar surface area (TPSA) is 54.7 Å². The fraction of sp³-hybridized carbons (Fsp3) is 0.188. The molecule has 3 N–H and O–H groups in total. The predicted octanol–water partition coefficient (Wildman–Crippen LogP) is 4.53. The summed E-state index contributed by atoms with van der Waals surface area (Å²) in [5.41, 5.74) is 10.3. The molecule has 5 heteroatoms. The molecule has 106 valence electrons. The van der Waals surface area contributed by atoms with E-state index in [1.54, 1.807) is 0 Å². The van der Waals surface area contributed by atoms with Gasteiger partial charge in [0, 0.05) is 15.5 Å². The quantitative estimate of drug-likeness (QED) is 0.730. The van der Waals surface area contributed by atoms with E-state index in [1.165, 1.54) is 34.6 Å². The maximum absolute atomic E-state index is 6.33. The van der Waals surface area contributed by atoms with Crippen LogP contribution in [0.4, 0.5) is 5.82 Å². The Labute approximate surface area is 131 Å². The first-order valence-corrected chi connectivity index (χ1v) is 8.14. The molecule has 0 aliphatic heterocycles. The summed E-state index contributed by atoms with van der Waals surface area (Å²) >= 11 is 8.16. The van der Waals surface area contributed by atoms with Gasteiger partial charge in [-0.1, -0.05) is 29.8 Å². The molecule has 0 saturated heterocycles. The molecule has 2 aromatic heterocycles. The number of aromatic nitrogens is 2. The van der Waals surface area contributed by atoms with Gasteiger partial charge < -0.3 is 5.73 Å². The summed E-state index contributed by atoms with van der Waals surface area (Å²) in [4.78, 5) is 2.68. The zero-order valence-electron chi connectivity index (χ0n) is 11.3. The van der Waals surface area contributed by atoms with E-state index in [4.69, 9.17) is 17.3 Å². The number of nitrogens with one attached hydrogen (secondary N) is 1. The summed E-state index contributed by atoms with van der Waals surface area (Å²) in [5, 5.41) is 7.97. The zero-order valence-corrected chi connectivity index (χ0v) is 12.9. The van der Waals surface area contributed by atoms with E-state index in [0.717, 1.165) is 16.8 Å². The second-order valence-electron chi connectivity index (χ2n) is 5.25. The van der Waals surface area contributed by atoms with Gasteiger partial charge in [-0.15, -0.1) is 11.3 Å². The third kappa shape index (κ3) is 2.06. The van der Waals surface area contributed by atoms with E-state index in [0.29, 0.717) is 10.8 Å². The number of rotatable bonds is 2. The maximum Gasteiger partial charge on any atom is 0.153 e. The number of hydrogen-bond acceptors (Lipinski definition) is 3. The van der Waals surface area contributed by atoms with Gasteiger partial charge >= 0.3 is 0 Å². The fourth-order valence-electron chi connectivity index (χ4n) is 2.92. The van der Waals surface area contributed by atoms with Crippen molar-refractivity contribution in [1.82, 2.24) is 10.2 Å². The van der Waals surface area contributed by atoms with E-state index < -0.39 is 0 Å². The lowest BCUT2D eigenvalue weighted by molar-refractivity contribution is 0.915. The van der Waals surface area contributed by atoms with Crippen LogP contribution in [0.15, 0.2) is 30.3 Å². The minimum Gasteiger partial charge on any atom is -0.382 e. The molecule has 0 unspecified atom stereocenters. The van der Waals surface area contributed by atoms with Crippen LogP contribution < -0.4 is 5.73 Å². The molecule has 1 aliphatic rings. The molecule has 2 heterocycles. The molecule has 0 radical (unpaired) electrons. The smallest absolute Gasteiger partial charge is 0.153 e. The van der Waals surface area contributed by atoms with Crippen molar-refractivity contribution in [2.75, 3.05) is 5.73 Å². The normalized spacial score (nSPS) is 13.6. The molecular weight excluding hydrogens is 302 g/mol. The predicted molar refractivity (Wildman–Crippen MR) is 88.8 cm³/mol. The van der Waals surface area contributed by atoms with Crippen LogP contribution in [0.3, 0.4) is 0 Å². The van der Waals surface area contributed by atoms with Crippen LogP contribution in [0.25, 0.3) is 21.7 Å². The van der Waals surface area contributed by atoms with Crippen LogP contribution in [-0.2, 0) is 12.8 Å². The van der Waals surface area contributed by atoms with Gasteiger partial charge in [-0.25, -0.2) is 0 Å². The summed E-state index contributed by atoms with van der Waals surface area (Å²) in [7, 11) is 0. The van der Waals surface area contributed by atoms with Crippen molar-refractivity contribution >= 4 is 28.8 Å². The summed E-state index contributed by atoms with van der Waals surface area (Å²) in [6.07, 6.45) is 3.63. The number of halogens is 1. The molecule has 1 aliphatic carbocycles. The van der Waals surface area contributed by atoms with Crippen molar-refractivity contribution in [2.45, 2.75) is 19.3 Å². The van der Waals surface area contributed by atoms with Crippen LogP contribution >= 0.6 is 22.9 Å². The first kappa shape index (κ1) is 12.9. The third-order valence-electron chi connectivity index (χ3n) is 3.93. The molecule has 0 saturated carbocycles. The van der Waals surface area contributed by atoms with E-state index in [-0.39, 0.29) is 0 Å². The van der Waals surface area contributed by atoms with Crippen molar-refractivity contribution in [3.63, 3.8) is 0 Å². The van der Waals surface area contributed by atoms with Crippen molar-refractivity contribution in [3.8, 4) is 21.7 Å². The minimum atomic E-state index is 0.492. The Morgan fingerprint density at radius 2 is 2.10 bits per heavy atom. The second kappa shape index (κ2) is 4.90. The minimum absolute atomic E-state index is 0.492. The number of nitrogens with zero attached hydrogens (tertiary/aromatic N) is 1. The number of thiophene rings is 1. The van der Waals surface area contributed by atoms with Crippen molar-refractivity contribution in [1.29, 1.82) is 0 Å². The van der Waals surface area contributed by atoms with Gasteiger partial charge in [0.15, 0.2) is 5.82 Å². The summed E-state index contributed by atoms with van der Waals surface area (Å²) in [6, 6.07) is 10.0. The highest BCUT2D eigenvalue weighted by molar-refractivity contribution is 7.15. The van der Waals surface area contributed by atoms with Crippen LogP contribution in [0, 0.1) is 0 Å². The van der Waals surface area contributed by atoms with E-state index in [1.807, 2.05) is 35.6 Å². The molecule has 21 heavy (non-hydrogen) atoms. The number of fused-ring (bicyclic) bond motifs is 1. The highest BCUT2D eigenvalue weighted by atomic mass is 35.5. The van der Waals surface area contributed by atoms with Crippen molar-refractivity contribution in [3.05, 3.63) is 45.8 Å². The van der Waals surface area contributed by atoms with Crippen LogP contribution in [0.2, 0.25) is 5.02 Å². The SMILES string of the molecule is Nc1n[nH]c(-c2cc3c(s2)CCC3)c1-c1ccccc1Cl. The number of nitrogen functional groups attached to an aromatic ring is 1. The Morgan fingerprint density at radius 3 is 2.90 bits per heavy atom. The number of benzene rings is 1. The molecule has 3 nitrogen and oxygen atoms in total. The Hall–Kier alpha value is -1.78. The monoisotopic (exact) mass is 315 g/mol. The van der Waals surface area contributed by atoms with Gasteiger partial charge in [0.05, 0.1) is 16.1 Å². The number of nitrogens with two attached hydrogens (primary N) is 1. The highest BCUT2D eigenvalue weighted by Gasteiger charge is 2.21. The molecule has 1 aromatic carbocycles. The lowest BCUT2D eigenvalue weighted by Crippen LogP contribution is -1.89. The number of anilines is 1. The van der Waals surface area contributed by atoms with Gasteiger partial charge in [0.25, 0.3) is 0 Å². The van der Waals surface area contributed by atoms with Crippen molar-refractivity contribution < 1.29 is 0 Å². The molecule has 0 atom stereocenters. The fourth-order valence-corrected chi connectivity index (χ4v) is 4.41. The van der Waals surface area contributed by atoms with E-state index >= 15 is 0 Å². The summed E-state index contributed by atoms with van der Waals surface area (Å²) < 4.78 is 0. The molecule has 0 fully saturated rings. The van der Waals surface area contributed by atoms with Crippen molar-refractivity contribution in [2.24, 2.45) is 0 Å². The maximum atomic E-state index is 6.33. The average molecular weight is 316 g/mol. The summed E-state index contributed by atoms with van der Waals surface area (Å²) in [5.74, 6) is 0.492. The van der Waals surface area contributed by atoms with Crippen LogP contribution in [-0.4, -0.2) is 10.2 Å². The number of hydrogen-bond donors (Lipinski definition) is 2. The van der Waals surface area contributed by atoms with Crippen LogP contribution in [0.1, 0.15) is 16.9 Å². The molecular formula is C16H14ClN3S. The number of aryl methyl sites for hydroxylation is 2. The first-order valence-electron chi connectivity index (χ1n) is 6.94. The number of aromatic amines is 1. The van der Waals surface area contributed by atoms with Gasteiger partial charge in [-0.05, 0) is 37.0 Å². The van der Waals surface area contributed by atoms with E-state index in [9.17, 15) is 0 Å². The molecule has 4 rings (SSSR count). The molecule has 0 spiro atoms. The molecule has 0 bridgehead atoms. The molecule has 0 amide bonds. The van der Waals surface area contributed by atoms with Gasteiger partial charge in [-0.3, -0.25) is 5.10 Å². The lowest BCUT2D eigenvalue weighted by atomic mass is 10.0. The Balaban J connectivity index is 1.89. The standard InChI is InChI=1S/C16H14ClN3S/c17-11-6-2-1-5-10(11)14-15(19-20-16(14)18)13-8-9-4-3-7-12(9)21-13/h1-2,5-6,8H,3-4,7H2,(H3,18,19,20). The van der Waals surface area contributed by atoms with Crippen LogP contribution in [0.5, 0.6) is 0 Å². The van der Waals surface area contributed by atoms with Gasteiger partial charge in [-0.2, -0.15) is 5.10 Å². The summed E-state index contributed by atoms with van der Waals surface area (Å²) in [6.45, 7) is 0. The average Bonchev–Trinajstić information content (AvgIpc) is 3.13. The van der Waals surface area contributed by atoms with E-state index in [2.05, 4.69) is 16.3 Å². The highest BCUT2D eigenvalue weighted by Crippen LogP contribution is 2.43. The largest absolute Gasteiger partial charge is 0.382 e. The Bertz CT molecular complexity index is 797. The Morgan fingerprint density at radius 1 is 1.24 bits per heavy atom. The Kier molecular flexibility index (Phi) is 3.01. The van der Waals surface area contributed by atoms with Gasteiger partial charge in [0.1, 0.15) is 0 Å². The lowest BCUT2D eigenvalue weighted by Gasteiger charge is -2.05. The zero-order chi connectivity index (χ0) is 14.4. The third-order valence-corrected chi connectivity index (χ3v) is 5.51.